The lowest BCUT2D eigenvalue weighted by atomic mass is 10.3. The maximum atomic E-state index is 13.4. The Morgan fingerprint density at radius 3 is 2.75 bits per heavy atom. The fourth-order valence-corrected chi connectivity index (χ4v) is 3.47. The number of furan rings is 1. The molecule has 3 rings (SSSR count). The van der Waals surface area contributed by atoms with Crippen LogP contribution in [0, 0.1) is 5.82 Å². The Morgan fingerprint density at radius 2 is 2.08 bits per heavy atom. The molecular weight excluding hydrogens is 397 g/mol. The molecule has 0 aliphatic carbocycles. The highest BCUT2D eigenvalue weighted by Gasteiger charge is 2.24. The van der Waals surface area contributed by atoms with Crippen LogP contribution >= 0.6 is 27.3 Å². The summed E-state index contributed by atoms with van der Waals surface area (Å²) in [5.41, 5.74) is 0.666. The maximum absolute atomic E-state index is 13.4. The summed E-state index contributed by atoms with van der Waals surface area (Å²) in [5, 5.41) is 0.523. The lowest BCUT2D eigenvalue weighted by Gasteiger charge is -2.20. The molecule has 1 aromatic carbocycles. The van der Waals surface area contributed by atoms with E-state index in [2.05, 4.69) is 20.9 Å². The second-order valence-electron chi connectivity index (χ2n) is 5.47. The number of amides is 1. The Hall–Kier alpha value is -1.77. The molecule has 0 saturated carbocycles. The lowest BCUT2D eigenvalue weighted by Crippen LogP contribution is -2.36. The van der Waals surface area contributed by atoms with E-state index < -0.39 is 0 Å². The summed E-state index contributed by atoms with van der Waals surface area (Å²) in [4.78, 5) is 20.8. The molecule has 2 aromatic heterocycles. The summed E-state index contributed by atoms with van der Waals surface area (Å²) in [6.45, 7) is 1.12. The van der Waals surface area contributed by atoms with Gasteiger partial charge in [0.15, 0.2) is 15.6 Å². The third-order valence-electron chi connectivity index (χ3n) is 3.37. The van der Waals surface area contributed by atoms with E-state index in [9.17, 15) is 9.18 Å². The number of fused-ring (bicyclic) bond motifs is 1. The van der Waals surface area contributed by atoms with E-state index in [4.69, 9.17) is 4.42 Å². The number of carbonyl (C=O) groups excluding carboxylic acids is 1. The second-order valence-corrected chi connectivity index (χ2v) is 7.26. The van der Waals surface area contributed by atoms with E-state index >= 15 is 0 Å². The zero-order valence-corrected chi connectivity index (χ0v) is 15.5. The van der Waals surface area contributed by atoms with E-state index in [1.54, 1.807) is 23.1 Å². The minimum absolute atomic E-state index is 0.228. The molecule has 0 saturated heterocycles. The fourth-order valence-electron chi connectivity index (χ4n) is 2.15. The van der Waals surface area contributed by atoms with E-state index in [1.165, 1.54) is 23.5 Å². The van der Waals surface area contributed by atoms with Gasteiger partial charge in [-0.25, -0.2) is 9.37 Å². The van der Waals surface area contributed by atoms with Crippen molar-refractivity contribution in [1.29, 1.82) is 0 Å². The predicted octanol–water partition coefficient (Wildman–Crippen LogP) is 4.00. The number of aromatic nitrogens is 1. The zero-order chi connectivity index (χ0) is 17.3. The van der Waals surface area contributed by atoms with Gasteiger partial charge < -0.3 is 9.32 Å². The van der Waals surface area contributed by atoms with Crippen molar-refractivity contribution in [2.75, 3.05) is 32.1 Å². The number of rotatable bonds is 5. The van der Waals surface area contributed by atoms with Crippen LogP contribution in [0.1, 0.15) is 10.6 Å². The molecule has 0 bridgehead atoms. The van der Waals surface area contributed by atoms with Crippen LogP contribution in [0.3, 0.4) is 0 Å². The summed E-state index contributed by atoms with van der Waals surface area (Å²) in [6, 6.07) is 7.69. The van der Waals surface area contributed by atoms with Crippen molar-refractivity contribution < 1.29 is 13.6 Å². The van der Waals surface area contributed by atoms with Crippen LogP contribution < -0.4 is 4.90 Å². The maximum Gasteiger partial charge on any atom is 0.295 e. The molecule has 0 aliphatic rings. The Kier molecular flexibility index (Phi) is 4.98. The van der Waals surface area contributed by atoms with Gasteiger partial charge in [0.05, 0.1) is 10.2 Å². The van der Waals surface area contributed by atoms with Crippen LogP contribution in [0.5, 0.6) is 0 Å². The van der Waals surface area contributed by atoms with Gasteiger partial charge >= 0.3 is 0 Å². The topological polar surface area (TPSA) is 49.6 Å². The minimum Gasteiger partial charge on any atom is -0.444 e. The molecule has 3 aromatic rings. The Morgan fingerprint density at radius 1 is 1.29 bits per heavy atom. The fraction of sp³-hybridized carbons (Fsp3) is 0.250. The van der Waals surface area contributed by atoms with Crippen LogP contribution in [0.2, 0.25) is 0 Å². The van der Waals surface area contributed by atoms with Gasteiger partial charge in [-0.2, -0.15) is 0 Å². The summed E-state index contributed by atoms with van der Waals surface area (Å²) in [5.74, 6) is -0.369. The SMILES string of the molecule is CN(C)CCN(C(=O)c1ccc(Br)o1)c1nc2ccc(F)cc2s1. The molecular formula is C16H15BrFN3O2S. The van der Waals surface area contributed by atoms with Crippen molar-refractivity contribution in [2.45, 2.75) is 0 Å². The van der Waals surface area contributed by atoms with Crippen LogP contribution in [-0.2, 0) is 0 Å². The highest BCUT2D eigenvalue weighted by Crippen LogP contribution is 2.30. The molecule has 0 unspecified atom stereocenters. The summed E-state index contributed by atoms with van der Waals surface area (Å²) >= 11 is 4.49. The number of anilines is 1. The minimum atomic E-state index is -0.321. The first-order valence-corrected chi connectivity index (χ1v) is 8.83. The van der Waals surface area contributed by atoms with Crippen LogP contribution in [0.15, 0.2) is 39.4 Å². The van der Waals surface area contributed by atoms with Crippen molar-refractivity contribution >= 4 is 48.5 Å². The highest BCUT2D eigenvalue weighted by atomic mass is 79.9. The smallest absolute Gasteiger partial charge is 0.295 e. The Balaban J connectivity index is 1.97. The molecule has 8 heteroatoms. The quantitative estimate of drug-likeness (QED) is 0.636. The number of halogens is 2. The third kappa shape index (κ3) is 3.66. The van der Waals surface area contributed by atoms with Crippen molar-refractivity contribution in [3.05, 3.63) is 46.6 Å². The van der Waals surface area contributed by atoms with Crippen molar-refractivity contribution in [3.63, 3.8) is 0 Å². The average Bonchev–Trinajstić information content (AvgIpc) is 3.12. The van der Waals surface area contributed by atoms with Crippen LogP contribution in [-0.4, -0.2) is 43.0 Å². The summed E-state index contributed by atoms with van der Waals surface area (Å²) in [6.07, 6.45) is 0. The first-order chi connectivity index (χ1) is 11.4. The molecule has 0 atom stereocenters. The zero-order valence-electron chi connectivity index (χ0n) is 13.1. The number of thiazole rings is 1. The molecule has 24 heavy (non-hydrogen) atoms. The number of likely N-dealkylation sites (N-methyl/N-ethyl adjacent to an activating group) is 1. The Bertz CT molecular complexity index is 877. The van der Waals surface area contributed by atoms with Gasteiger partial charge in [-0.1, -0.05) is 11.3 Å². The van der Waals surface area contributed by atoms with Gasteiger partial charge in [0, 0.05) is 13.1 Å². The largest absolute Gasteiger partial charge is 0.444 e. The van der Waals surface area contributed by atoms with Crippen molar-refractivity contribution in [3.8, 4) is 0 Å². The van der Waals surface area contributed by atoms with Crippen molar-refractivity contribution in [1.82, 2.24) is 9.88 Å². The molecule has 5 nitrogen and oxygen atoms in total. The van der Waals surface area contributed by atoms with Gasteiger partial charge in [0.2, 0.25) is 0 Å². The van der Waals surface area contributed by atoms with Crippen LogP contribution in [0.4, 0.5) is 9.52 Å². The lowest BCUT2D eigenvalue weighted by molar-refractivity contribution is 0.0957. The van der Waals surface area contributed by atoms with E-state index in [1.807, 2.05) is 19.0 Å². The predicted molar refractivity (Wildman–Crippen MR) is 96.2 cm³/mol. The monoisotopic (exact) mass is 411 g/mol. The first kappa shape index (κ1) is 17.1. The number of carbonyl (C=O) groups is 1. The second kappa shape index (κ2) is 7.00. The molecule has 0 N–H and O–H groups in total. The molecule has 0 aliphatic heterocycles. The van der Waals surface area contributed by atoms with Gasteiger partial charge in [-0.3, -0.25) is 9.69 Å². The summed E-state index contributed by atoms with van der Waals surface area (Å²) < 4.78 is 20.0. The van der Waals surface area contributed by atoms with Crippen LogP contribution in [0.25, 0.3) is 10.2 Å². The first-order valence-electron chi connectivity index (χ1n) is 7.22. The molecule has 0 spiro atoms. The third-order valence-corrected chi connectivity index (χ3v) is 4.84. The molecule has 2 heterocycles. The van der Waals surface area contributed by atoms with Gasteiger partial charge in [0.25, 0.3) is 5.91 Å². The number of benzene rings is 1. The van der Waals surface area contributed by atoms with E-state index in [0.29, 0.717) is 33.1 Å². The van der Waals surface area contributed by atoms with Gasteiger partial charge in [-0.05, 0) is 60.4 Å². The number of nitrogens with zero attached hydrogens (tertiary/aromatic N) is 3. The molecule has 0 radical (unpaired) electrons. The number of hydrogen-bond acceptors (Lipinski definition) is 5. The molecule has 0 fully saturated rings. The van der Waals surface area contributed by atoms with Gasteiger partial charge in [-0.15, -0.1) is 0 Å². The molecule has 126 valence electrons. The standard InChI is InChI=1S/C16H15BrFN3O2S/c1-20(2)7-8-21(15(22)12-5-6-14(17)23-12)16-19-11-4-3-10(18)9-13(11)24-16/h3-6,9H,7-8H2,1-2H3. The van der Waals surface area contributed by atoms with E-state index in [0.717, 1.165) is 0 Å². The Labute approximate surface area is 150 Å². The molecule has 1 amide bonds. The van der Waals surface area contributed by atoms with E-state index in [-0.39, 0.29) is 17.5 Å². The average molecular weight is 412 g/mol. The number of hydrogen-bond donors (Lipinski definition) is 0. The normalized spacial score (nSPS) is 11.4. The van der Waals surface area contributed by atoms with Gasteiger partial charge in [0.1, 0.15) is 5.82 Å². The summed E-state index contributed by atoms with van der Waals surface area (Å²) in [7, 11) is 3.86. The highest BCUT2D eigenvalue weighted by molar-refractivity contribution is 9.10. The van der Waals surface area contributed by atoms with Crippen molar-refractivity contribution in [2.24, 2.45) is 0 Å².